The number of hydrogen-bond acceptors (Lipinski definition) is 5. The molecule has 133 heavy (non-hydrogen) atoms. The topological polar surface area (TPSA) is 84.5 Å². The lowest BCUT2D eigenvalue weighted by Crippen LogP contribution is -2.37. The molecule has 700 valence electrons. The van der Waals surface area contributed by atoms with Gasteiger partial charge in [0.15, 0.2) is 0 Å². The van der Waals surface area contributed by atoms with Crippen LogP contribution in [0.2, 0.25) is 0 Å². The molecule has 0 aromatic heterocycles. The molecule has 17 rings (SSSR count). The van der Waals surface area contributed by atoms with Crippen LogP contribution in [0.15, 0.2) is 322 Å². The van der Waals surface area contributed by atoms with E-state index in [0.29, 0.717) is 54.6 Å². The Labute approximate surface area is 801 Å². The van der Waals surface area contributed by atoms with Gasteiger partial charge in [-0.25, -0.2) is 0 Å². The number of carbonyl (C=O) groups is 4. The number of benzene rings is 12. The molecule has 9 nitrogen and oxygen atoms in total. The quantitative estimate of drug-likeness (QED) is 0.136. The summed E-state index contributed by atoms with van der Waals surface area (Å²) in [6, 6.07) is 111. The van der Waals surface area contributed by atoms with E-state index in [4.69, 9.17) is 0 Å². The molecular formula is C124H155N5O4. The summed E-state index contributed by atoms with van der Waals surface area (Å²) in [6.45, 7) is 63.6. The Morgan fingerprint density at radius 1 is 0.271 bits per heavy atom. The Balaban J connectivity index is 0.000000159. The summed E-state index contributed by atoms with van der Waals surface area (Å²) in [5.74, 6) is 2.40. The molecule has 0 N–H and O–H groups in total. The van der Waals surface area contributed by atoms with E-state index in [-0.39, 0.29) is 62.2 Å². The van der Waals surface area contributed by atoms with E-state index < -0.39 is 0 Å². The fourth-order valence-electron chi connectivity index (χ4n) is 19.0. The standard InChI is InChI=1S/C19H21NO.2C18H19NO.C17H20.C14H19NO.C14H21N.C14H22.C10H14/c1-19(2,3)17(14-9-5-4-6-10-14)20-13-15-11-7-8-12-16(15)18(20)21;1-18(2,3)15-10-6-7-11-16(15)19-12-13-8-4-5-9-14(13)17(19)20;1-18(2,3)14-8-6-9-15(11-14)19-12-13-7-4-5-10-16(13)17(19)20;1-17(2,3)16(14-10-6-4-7-11-14)15-12-8-5-9-13-15;1-14(2,3)11-7-4-5-8-12(11)15-10-6-9-13(15)16;1-14(2,3)12-7-6-8-13(11-12)15-9-4-5-10-15;1-11(2)13(14(3,4)5)12-9-7-6-8-10-12;1-10(2,3)9-7-5-4-6-8-9/h4-12,17H,13H2,1-3H3;2*4-11H,12H2,1-3H3;4-13,16H,1-3H3;4-5,7-8H,6,9-10H2,1-3H3;6-8,11H,4-5,9-10H2,1-3H3;6-11,13H,1-5H3;4-8H,1-3H3. The summed E-state index contributed by atoms with van der Waals surface area (Å²) in [4.78, 5) is 59.8. The average Bonchev–Trinajstić information content (AvgIpc) is 1.63. The first-order valence-electron chi connectivity index (χ1n) is 48.5. The summed E-state index contributed by atoms with van der Waals surface area (Å²) in [5.41, 5.74) is 23.7. The molecular weight excluding hydrogens is 1620 g/mol. The predicted molar refractivity (Wildman–Crippen MR) is 565 cm³/mol. The summed E-state index contributed by atoms with van der Waals surface area (Å²) in [7, 11) is 0. The van der Waals surface area contributed by atoms with E-state index in [1.807, 2.05) is 147 Å². The van der Waals surface area contributed by atoms with Gasteiger partial charge in [-0.1, -0.05) is 447 Å². The molecule has 0 radical (unpaired) electrons. The third-order valence-electron chi connectivity index (χ3n) is 25.6. The number of fused-ring (bicyclic) bond motifs is 3. The van der Waals surface area contributed by atoms with Crippen LogP contribution in [0.4, 0.5) is 22.7 Å². The second-order valence-electron chi connectivity index (χ2n) is 45.1. The maximum absolute atomic E-state index is 12.8. The minimum atomic E-state index is -0.0148. The van der Waals surface area contributed by atoms with Gasteiger partial charge in [0.05, 0.1) is 19.1 Å². The van der Waals surface area contributed by atoms with Crippen LogP contribution < -0.4 is 19.6 Å². The molecule has 0 bridgehead atoms. The summed E-state index contributed by atoms with van der Waals surface area (Å²) in [6.07, 6.45) is 4.37. The Kier molecular flexibility index (Phi) is 34.9. The molecule has 2 unspecified atom stereocenters. The average molecular weight is 1780 g/mol. The zero-order valence-electron chi connectivity index (χ0n) is 85.3. The van der Waals surface area contributed by atoms with Gasteiger partial charge >= 0.3 is 0 Å². The number of nitrogens with zero attached hydrogens (tertiary/aromatic N) is 5. The molecule has 0 saturated carbocycles. The van der Waals surface area contributed by atoms with Crippen LogP contribution in [0, 0.1) is 22.2 Å². The molecule has 2 fully saturated rings. The van der Waals surface area contributed by atoms with Gasteiger partial charge in [0.2, 0.25) is 5.91 Å². The largest absolute Gasteiger partial charge is 0.372 e. The maximum Gasteiger partial charge on any atom is 0.258 e. The van der Waals surface area contributed by atoms with Crippen LogP contribution in [0.5, 0.6) is 0 Å². The van der Waals surface area contributed by atoms with E-state index in [1.165, 1.54) is 81.7 Å². The normalized spacial score (nSPS) is 14.8. The van der Waals surface area contributed by atoms with Gasteiger partial charge in [-0.15, -0.1) is 0 Å². The Bertz CT molecular complexity index is 5680. The van der Waals surface area contributed by atoms with Gasteiger partial charge in [0.1, 0.15) is 0 Å². The first kappa shape index (κ1) is 103. The molecule has 0 aliphatic carbocycles. The highest BCUT2D eigenvalue weighted by atomic mass is 16.2. The zero-order valence-corrected chi connectivity index (χ0v) is 85.3. The third kappa shape index (κ3) is 28.2. The SMILES string of the molecule is CC(C)(C)C(c1ccccc1)N1Cc2ccccc2C1=O.CC(C)(C)C(c1ccccc1)c1ccccc1.CC(C)(C)c1cccc(N2CCCC2)c1.CC(C)(C)c1cccc(N2Cc3ccccc3C2=O)c1.CC(C)(C)c1ccccc1.CC(C)(C)c1ccccc1N1CCCC1=O.CC(C)(C)c1ccccc1N1Cc2ccccc2C1=O.CC(C)C(c1ccccc1)C(C)(C)C. The monoisotopic (exact) mass is 1780 g/mol. The van der Waals surface area contributed by atoms with Gasteiger partial charge in [-0.3, -0.25) is 19.2 Å². The molecule has 5 heterocycles. The lowest BCUT2D eigenvalue weighted by molar-refractivity contribution is -0.117. The highest BCUT2D eigenvalue weighted by Crippen LogP contribution is 2.46. The van der Waals surface area contributed by atoms with E-state index in [0.717, 1.165) is 63.4 Å². The molecule has 9 heteroatoms. The fourth-order valence-corrected chi connectivity index (χ4v) is 19.0. The molecule has 0 spiro atoms. The van der Waals surface area contributed by atoms with Crippen LogP contribution >= 0.6 is 0 Å². The van der Waals surface area contributed by atoms with Crippen LogP contribution in [-0.4, -0.2) is 48.2 Å². The third-order valence-corrected chi connectivity index (χ3v) is 25.6. The van der Waals surface area contributed by atoms with Crippen LogP contribution in [0.3, 0.4) is 0 Å². The van der Waals surface area contributed by atoms with Crippen LogP contribution in [-0.2, 0) is 51.5 Å². The fraction of sp³-hybridized carbons (Fsp3) is 0.387. The maximum atomic E-state index is 12.8. The zero-order chi connectivity index (χ0) is 97.0. The first-order valence-corrected chi connectivity index (χ1v) is 48.5. The van der Waals surface area contributed by atoms with E-state index in [9.17, 15) is 19.2 Å². The smallest absolute Gasteiger partial charge is 0.258 e. The summed E-state index contributed by atoms with van der Waals surface area (Å²) >= 11 is 0. The number of amides is 4. The molecule has 2 saturated heterocycles. The highest BCUT2D eigenvalue weighted by molar-refractivity contribution is 6.11. The number of anilines is 4. The number of carbonyl (C=O) groups excluding carboxylic acids is 4. The van der Waals surface area contributed by atoms with Crippen molar-refractivity contribution in [2.24, 2.45) is 22.2 Å². The Morgan fingerprint density at radius 3 is 0.992 bits per heavy atom. The van der Waals surface area contributed by atoms with Crippen molar-refractivity contribution in [2.75, 3.05) is 39.2 Å². The van der Waals surface area contributed by atoms with Gasteiger partial charge in [0, 0.05) is 78.0 Å². The van der Waals surface area contributed by atoms with Crippen molar-refractivity contribution in [3.8, 4) is 0 Å². The van der Waals surface area contributed by atoms with Crippen LogP contribution in [0.25, 0.3) is 0 Å². The number of hydrogen-bond donors (Lipinski definition) is 0. The van der Waals surface area contributed by atoms with Crippen LogP contribution in [0.1, 0.15) is 321 Å². The molecule has 5 aliphatic heterocycles. The summed E-state index contributed by atoms with van der Waals surface area (Å²) in [5, 5.41) is 0. The van der Waals surface area contributed by atoms with Crippen molar-refractivity contribution in [2.45, 2.75) is 270 Å². The molecule has 12 aromatic rings. The minimum absolute atomic E-state index is 0.0148. The Morgan fingerprint density at radius 2 is 0.617 bits per heavy atom. The van der Waals surface area contributed by atoms with Crippen molar-refractivity contribution >= 4 is 46.4 Å². The molecule has 2 atom stereocenters. The first-order chi connectivity index (χ1) is 62.6. The molecule has 4 amide bonds. The van der Waals surface area contributed by atoms with Crippen molar-refractivity contribution < 1.29 is 19.2 Å². The van der Waals surface area contributed by atoms with Gasteiger partial charge in [-0.2, -0.15) is 0 Å². The second-order valence-corrected chi connectivity index (χ2v) is 45.1. The van der Waals surface area contributed by atoms with Crippen molar-refractivity contribution in [1.82, 2.24) is 4.90 Å². The van der Waals surface area contributed by atoms with Gasteiger partial charge < -0.3 is 24.5 Å². The summed E-state index contributed by atoms with van der Waals surface area (Å²) < 4.78 is 0. The predicted octanol–water partition coefficient (Wildman–Crippen LogP) is 31.7. The van der Waals surface area contributed by atoms with Crippen molar-refractivity contribution in [1.29, 1.82) is 0 Å². The van der Waals surface area contributed by atoms with E-state index in [1.54, 1.807) is 0 Å². The van der Waals surface area contributed by atoms with Gasteiger partial charge in [0.25, 0.3) is 17.7 Å². The van der Waals surface area contributed by atoms with Crippen molar-refractivity contribution in [3.05, 3.63) is 405 Å². The minimum Gasteiger partial charge on any atom is -0.372 e. The molecule has 5 aliphatic rings. The van der Waals surface area contributed by atoms with E-state index >= 15 is 0 Å². The number of rotatable bonds is 10. The van der Waals surface area contributed by atoms with Crippen molar-refractivity contribution in [3.63, 3.8) is 0 Å². The van der Waals surface area contributed by atoms with E-state index in [2.05, 4.69) is 379 Å². The lowest BCUT2D eigenvalue weighted by Gasteiger charge is -2.38. The lowest BCUT2D eigenvalue weighted by atomic mass is 9.71. The highest BCUT2D eigenvalue weighted by Gasteiger charge is 2.40. The molecule has 12 aromatic carbocycles. The number of para-hydroxylation sites is 2. The van der Waals surface area contributed by atoms with Gasteiger partial charge in [-0.05, 0) is 196 Å². The second kappa shape index (κ2) is 44.9. The Hall–Kier alpha value is -11.7.